The molecule has 0 spiro atoms. The Bertz CT molecular complexity index is 881. The van der Waals surface area contributed by atoms with Crippen LogP contribution in [-0.2, 0) is 4.79 Å². The van der Waals surface area contributed by atoms with Gasteiger partial charge in [-0.1, -0.05) is 0 Å². The molecule has 0 unspecified atom stereocenters. The number of aryl methyl sites for hydroxylation is 1. The van der Waals surface area contributed by atoms with E-state index in [-0.39, 0.29) is 23.7 Å². The highest BCUT2D eigenvalue weighted by Crippen LogP contribution is 2.28. The number of Topliss-reactive ketones (excluding diaryl/α,β-unsaturated/α-hetero) is 1. The number of hydrogen-bond acceptors (Lipinski definition) is 5. The fourth-order valence-electron chi connectivity index (χ4n) is 3.57. The van der Waals surface area contributed by atoms with Gasteiger partial charge in [0.15, 0.2) is 5.78 Å². The zero-order valence-electron chi connectivity index (χ0n) is 17.1. The fraction of sp³-hybridized carbons (Fsp3) is 0.435. The normalized spacial score (nSPS) is 18.6. The molecule has 2 aromatic rings. The maximum absolute atomic E-state index is 12.4. The van der Waals surface area contributed by atoms with Gasteiger partial charge in [-0.05, 0) is 80.3 Å². The molecule has 2 N–H and O–H groups in total. The van der Waals surface area contributed by atoms with Crippen molar-refractivity contribution in [1.82, 2.24) is 5.32 Å². The molecular weight excluding hydrogens is 402 g/mol. The molecule has 1 aliphatic carbocycles. The highest BCUT2D eigenvalue weighted by Gasteiger charge is 2.26. The molecular formula is C23H27NO5S. The summed E-state index contributed by atoms with van der Waals surface area (Å²) in [5, 5.41) is 13.8. The number of thiophene rings is 1. The van der Waals surface area contributed by atoms with Crippen LogP contribution in [0.3, 0.4) is 0 Å². The van der Waals surface area contributed by atoms with Crippen molar-refractivity contribution in [3.8, 4) is 5.75 Å². The summed E-state index contributed by atoms with van der Waals surface area (Å²) in [7, 11) is 0. The summed E-state index contributed by atoms with van der Waals surface area (Å²) < 4.78 is 5.94. The fourth-order valence-corrected chi connectivity index (χ4v) is 4.39. The van der Waals surface area contributed by atoms with Crippen molar-refractivity contribution >= 4 is 29.0 Å². The van der Waals surface area contributed by atoms with Crippen molar-refractivity contribution in [2.75, 3.05) is 6.54 Å². The molecule has 0 radical (unpaired) electrons. The van der Waals surface area contributed by atoms with Crippen LogP contribution in [0.5, 0.6) is 5.75 Å². The number of nitrogens with one attached hydrogen (secondary N) is 1. The summed E-state index contributed by atoms with van der Waals surface area (Å²) in [6.07, 6.45) is 3.71. The molecule has 1 heterocycles. The van der Waals surface area contributed by atoms with Crippen LogP contribution in [-0.4, -0.2) is 35.4 Å². The van der Waals surface area contributed by atoms with Gasteiger partial charge in [0.1, 0.15) is 5.75 Å². The molecule has 0 atom stereocenters. The quantitative estimate of drug-likeness (QED) is 0.453. The molecule has 1 fully saturated rings. The Hall–Kier alpha value is -2.67. The van der Waals surface area contributed by atoms with Gasteiger partial charge in [-0.2, -0.15) is 0 Å². The van der Waals surface area contributed by atoms with E-state index in [1.165, 1.54) is 11.3 Å². The van der Waals surface area contributed by atoms with Crippen molar-refractivity contribution in [2.45, 2.75) is 51.6 Å². The molecule has 0 aliphatic heterocycles. The highest BCUT2D eigenvalue weighted by molar-refractivity contribution is 7.12. The molecule has 0 saturated heterocycles. The first-order valence-electron chi connectivity index (χ1n) is 10.3. The van der Waals surface area contributed by atoms with Gasteiger partial charge in [-0.15, -0.1) is 11.3 Å². The van der Waals surface area contributed by atoms with Crippen LogP contribution < -0.4 is 10.1 Å². The lowest BCUT2D eigenvalue weighted by atomic mass is 9.87. The van der Waals surface area contributed by atoms with E-state index in [4.69, 9.17) is 9.84 Å². The second-order valence-corrected chi connectivity index (χ2v) is 8.64. The Kier molecular flexibility index (Phi) is 7.63. The first kappa shape index (κ1) is 22.0. The number of ether oxygens (including phenoxy) is 1. The van der Waals surface area contributed by atoms with Crippen LogP contribution in [0, 0.1) is 12.8 Å². The number of carbonyl (C=O) groups is 3. The van der Waals surface area contributed by atoms with Gasteiger partial charge in [-0.25, -0.2) is 0 Å². The van der Waals surface area contributed by atoms with E-state index in [9.17, 15) is 14.4 Å². The molecule has 1 aromatic heterocycles. The number of carboxylic acid groups (broad SMARTS) is 1. The van der Waals surface area contributed by atoms with E-state index >= 15 is 0 Å². The lowest BCUT2D eigenvalue weighted by Crippen LogP contribution is -2.27. The number of carbonyl (C=O) groups excluding carboxylic acids is 2. The highest BCUT2D eigenvalue weighted by atomic mass is 32.1. The molecule has 6 nitrogen and oxygen atoms in total. The van der Waals surface area contributed by atoms with Gasteiger partial charge < -0.3 is 15.2 Å². The van der Waals surface area contributed by atoms with Gasteiger partial charge in [0, 0.05) is 18.5 Å². The number of ketones is 1. The molecule has 3 rings (SSSR count). The van der Waals surface area contributed by atoms with E-state index in [1.807, 2.05) is 18.4 Å². The van der Waals surface area contributed by atoms with Gasteiger partial charge in [0.05, 0.1) is 16.9 Å². The first-order valence-corrected chi connectivity index (χ1v) is 11.2. The molecule has 1 aromatic carbocycles. The van der Waals surface area contributed by atoms with E-state index < -0.39 is 5.97 Å². The van der Waals surface area contributed by atoms with Crippen molar-refractivity contribution < 1.29 is 24.2 Å². The molecule has 1 amide bonds. The van der Waals surface area contributed by atoms with E-state index in [2.05, 4.69) is 5.32 Å². The predicted octanol–water partition coefficient (Wildman–Crippen LogP) is 4.47. The summed E-state index contributed by atoms with van der Waals surface area (Å²) in [5.74, 6) is -0.352. The van der Waals surface area contributed by atoms with E-state index in [0.29, 0.717) is 48.4 Å². The number of hydrogen-bond donors (Lipinski definition) is 2. The van der Waals surface area contributed by atoms with Crippen LogP contribution in [0.4, 0.5) is 0 Å². The maximum Gasteiger partial charge on any atom is 0.306 e. The minimum absolute atomic E-state index is 0.0258. The van der Waals surface area contributed by atoms with Crippen molar-refractivity contribution in [2.24, 2.45) is 5.92 Å². The van der Waals surface area contributed by atoms with Crippen molar-refractivity contribution in [3.05, 3.63) is 51.7 Å². The number of rotatable bonds is 9. The Balaban J connectivity index is 1.38. The third-order valence-corrected chi connectivity index (χ3v) is 6.37. The van der Waals surface area contributed by atoms with Crippen LogP contribution in [0.1, 0.15) is 64.1 Å². The van der Waals surface area contributed by atoms with Gasteiger partial charge in [-0.3, -0.25) is 14.4 Å². The lowest BCUT2D eigenvalue weighted by molar-refractivity contribution is -0.143. The summed E-state index contributed by atoms with van der Waals surface area (Å²) >= 11 is 1.42. The molecule has 160 valence electrons. The van der Waals surface area contributed by atoms with Gasteiger partial charge >= 0.3 is 5.97 Å². The summed E-state index contributed by atoms with van der Waals surface area (Å²) in [6.45, 7) is 2.41. The van der Waals surface area contributed by atoms with Crippen LogP contribution >= 0.6 is 11.3 Å². The molecule has 0 bridgehead atoms. The summed E-state index contributed by atoms with van der Waals surface area (Å²) in [5.41, 5.74) is 1.69. The lowest BCUT2D eigenvalue weighted by Gasteiger charge is -2.26. The van der Waals surface area contributed by atoms with E-state index in [0.717, 1.165) is 18.4 Å². The summed E-state index contributed by atoms with van der Waals surface area (Å²) in [6, 6.07) is 8.95. The topological polar surface area (TPSA) is 92.7 Å². The zero-order chi connectivity index (χ0) is 21.5. The Labute approximate surface area is 180 Å². The average molecular weight is 430 g/mol. The van der Waals surface area contributed by atoms with Crippen LogP contribution in [0.25, 0.3) is 0 Å². The number of amides is 1. The number of carboxylic acids is 1. The Morgan fingerprint density at radius 3 is 2.43 bits per heavy atom. The zero-order valence-corrected chi connectivity index (χ0v) is 17.9. The van der Waals surface area contributed by atoms with E-state index in [1.54, 1.807) is 24.3 Å². The standard InChI is InChI=1S/C23H27NO5S/c1-15-13-21(30-14-15)22(26)24-12-2-3-20(25)16-4-8-18(9-5-16)29-19-10-6-17(7-11-19)23(27)28/h4-5,8-9,13-14,17,19H,2-3,6-7,10-12H2,1H3,(H,24,26)(H,27,28). The maximum atomic E-state index is 12.4. The monoisotopic (exact) mass is 429 g/mol. The van der Waals surface area contributed by atoms with Gasteiger partial charge in [0.25, 0.3) is 5.91 Å². The van der Waals surface area contributed by atoms with Crippen LogP contribution in [0.2, 0.25) is 0 Å². The average Bonchev–Trinajstić information content (AvgIpc) is 3.18. The largest absolute Gasteiger partial charge is 0.490 e. The summed E-state index contributed by atoms with van der Waals surface area (Å²) in [4.78, 5) is 36.1. The minimum Gasteiger partial charge on any atom is -0.490 e. The first-order chi connectivity index (χ1) is 14.4. The number of benzene rings is 1. The van der Waals surface area contributed by atoms with Crippen molar-refractivity contribution in [1.29, 1.82) is 0 Å². The number of aliphatic carboxylic acids is 1. The Morgan fingerprint density at radius 2 is 1.83 bits per heavy atom. The minimum atomic E-state index is -0.725. The second-order valence-electron chi connectivity index (χ2n) is 7.73. The smallest absolute Gasteiger partial charge is 0.306 e. The predicted molar refractivity (Wildman–Crippen MR) is 115 cm³/mol. The third kappa shape index (κ3) is 6.16. The third-order valence-electron chi connectivity index (χ3n) is 5.32. The Morgan fingerprint density at radius 1 is 1.13 bits per heavy atom. The molecule has 1 saturated carbocycles. The van der Waals surface area contributed by atoms with Crippen LogP contribution in [0.15, 0.2) is 35.7 Å². The van der Waals surface area contributed by atoms with Crippen molar-refractivity contribution in [3.63, 3.8) is 0 Å². The molecule has 30 heavy (non-hydrogen) atoms. The van der Waals surface area contributed by atoms with Gasteiger partial charge in [0.2, 0.25) is 0 Å². The molecule has 1 aliphatic rings. The second kappa shape index (κ2) is 10.4. The molecule has 7 heteroatoms. The SMILES string of the molecule is Cc1csc(C(=O)NCCCC(=O)c2ccc(OC3CCC(C(=O)O)CC3)cc2)c1.